The van der Waals surface area contributed by atoms with E-state index in [0.29, 0.717) is 12.3 Å². The van der Waals surface area contributed by atoms with Crippen molar-refractivity contribution < 1.29 is 9.47 Å². The van der Waals surface area contributed by atoms with Crippen molar-refractivity contribution in [2.45, 2.75) is 6.54 Å². The lowest BCUT2D eigenvalue weighted by Gasteiger charge is -2.12. The van der Waals surface area contributed by atoms with E-state index in [-0.39, 0.29) is 0 Å². The third-order valence-corrected chi connectivity index (χ3v) is 3.72. The first-order valence-corrected chi connectivity index (χ1v) is 7.22. The molecule has 0 aliphatic rings. The monoisotopic (exact) mass is 385 g/mol. The van der Waals surface area contributed by atoms with Crippen LogP contribution in [0.25, 0.3) is 0 Å². The lowest BCUT2D eigenvalue weighted by Crippen LogP contribution is -1.99. The van der Waals surface area contributed by atoms with Crippen molar-refractivity contribution in [2.75, 3.05) is 7.11 Å². The standard InChI is InChI=1S/C14H13Br2NO2/c1-18-11-4-5-13(12(16)7-11)19-14-6-10(15)3-2-9(14)8-17/h2-7H,8,17H2,1H3. The summed E-state index contributed by atoms with van der Waals surface area (Å²) in [4.78, 5) is 0. The Hall–Kier alpha value is -1.04. The average Bonchev–Trinajstić information content (AvgIpc) is 2.41. The van der Waals surface area contributed by atoms with Gasteiger partial charge in [0.2, 0.25) is 0 Å². The summed E-state index contributed by atoms with van der Waals surface area (Å²) in [6.45, 7) is 0.427. The van der Waals surface area contributed by atoms with Gasteiger partial charge in [-0.1, -0.05) is 22.0 Å². The Morgan fingerprint density at radius 1 is 1.05 bits per heavy atom. The van der Waals surface area contributed by atoms with Crippen LogP contribution in [0.5, 0.6) is 17.2 Å². The fourth-order valence-electron chi connectivity index (χ4n) is 1.60. The molecule has 0 radical (unpaired) electrons. The Morgan fingerprint density at radius 3 is 2.47 bits per heavy atom. The average molecular weight is 387 g/mol. The maximum atomic E-state index is 5.90. The van der Waals surface area contributed by atoms with Gasteiger partial charge in [-0.25, -0.2) is 0 Å². The van der Waals surface area contributed by atoms with Crippen LogP contribution in [0.3, 0.4) is 0 Å². The number of halogens is 2. The highest BCUT2D eigenvalue weighted by Crippen LogP contribution is 2.35. The van der Waals surface area contributed by atoms with Gasteiger partial charge in [0.15, 0.2) is 0 Å². The van der Waals surface area contributed by atoms with Gasteiger partial charge in [0.05, 0.1) is 11.6 Å². The molecule has 0 fully saturated rings. The minimum absolute atomic E-state index is 0.427. The van der Waals surface area contributed by atoms with Gasteiger partial charge in [0.25, 0.3) is 0 Å². The van der Waals surface area contributed by atoms with Gasteiger partial charge in [0.1, 0.15) is 17.2 Å². The minimum atomic E-state index is 0.427. The molecule has 0 amide bonds. The molecule has 100 valence electrons. The summed E-state index contributed by atoms with van der Waals surface area (Å²) < 4.78 is 12.8. The lowest BCUT2D eigenvalue weighted by molar-refractivity contribution is 0.412. The van der Waals surface area contributed by atoms with Gasteiger partial charge < -0.3 is 15.2 Å². The van der Waals surface area contributed by atoms with Crippen molar-refractivity contribution in [1.82, 2.24) is 0 Å². The SMILES string of the molecule is COc1ccc(Oc2cc(Br)ccc2CN)c(Br)c1. The van der Waals surface area contributed by atoms with Crippen LogP contribution in [0.4, 0.5) is 0 Å². The molecule has 0 spiro atoms. The second-order valence-corrected chi connectivity index (χ2v) is 5.62. The Bertz CT molecular complexity index is 588. The van der Waals surface area contributed by atoms with Gasteiger partial charge in [-0.2, -0.15) is 0 Å². The quantitative estimate of drug-likeness (QED) is 0.842. The van der Waals surface area contributed by atoms with Gasteiger partial charge in [-0.05, 0) is 46.3 Å². The molecule has 0 unspecified atom stereocenters. The van der Waals surface area contributed by atoms with Crippen molar-refractivity contribution in [3.8, 4) is 17.2 Å². The molecule has 2 aromatic rings. The summed E-state index contributed by atoms with van der Waals surface area (Å²) in [6, 6.07) is 11.3. The third-order valence-electron chi connectivity index (χ3n) is 2.61. The van der Waals surface area contributed by atoms with Crippen LogP contribution in [0.1, 0.15) is 5.56 Å². The molecule has 0 aromatic heterocycles. The van der Waals surface area contributed by atoms with E-state index in [1.165, 1.54) is 0 Å². The van der Waals surface area contributed by atoms with Crippen molar-refractivity contribution in [1.29, 1.82) is 0 Å². The Morgan fingerprint density at radius 2 is 1.84 bits per heavy atom. The van der Waals surface area contributed by atoms with Crippen LogP contribution >= 0.6 is 31.9 Å². The molecule has 5 heteroatoms. The zero-order valence-corrected chi connectivity index (χ0v) is 13.5. The molecule has 0 heterocycles. The first kappa shape index (κ1) is 14.4. The first-order valence-electron chi connectivity index (χ1n) is 5.64. The van der Waals surface area contributed by atoms with Gasteiger partial charge in [0, 0.05) is 16.6 Å². The van der Waals surface area contributed by atoms with E-state index in [0.717, 1.165) is 26.0 Å². The molecule has 0 saturated heterocycles. The van der Waals surface area contributed by atoms with E-state index in [4.69, 9.17) is 15.2 Å². The highest BCUT2D eigenvalue weighted by Gasteiger charge is 2.08. The van der Waals surface area contributed by atoms with E-state index in [1.807, 2.05) is 36.4 Å². The molecule has 19 heavy (non-hydrogen) atoms. The Kier molecular flexibility index (Phi) is 4.85. The predicted octanol–water partition coefficient (Wildman–Crippen LogP) is 4.47. The van der Waals surface area contributed by atoms with Gasteiger partial charge >= 0.3 is 0 Å². The summed E-state index contributed by atoms with van der Waals surface area (Å²) in [6.07, 6.45) is 0. The van der Waals surface area contributed by atoms with Crippen LogP contribution < -0.4 is 15.2 Å². The van der Waals surface area contributed by atoms with E-state index in [2.05, 4.69) is 31.9 Å². The maximum absolute atomic E-state index is 5.90. The summed E-state index contributed by atoms with van der Waals surface area (Å²) in [5, 5.41) is 0. The van der Waals surface area contributed by atoms with Crippen molar-refractivity contribution in [3.63, 3.8) is 0 Å². The molecular formula is C14H13Br2NO2. The van der Waals surface area contributed by atoms with Crippen LogP contribution in [-0.4, -0.2) is 7.11 Å². The molecule has 0 atom stereocenters. The van der Waals surface area contributed by atoms with Crippen molar-refractivity contribution >= 4 is 31.9 Å². The second kappa shape index (κ2) is 6.41. The smallest absolute Gasteiger partial charge is 0.141 e. The van der Waals surface area contributed by atoms with Crippen LogP contribution in [0.15, 0.2) is 45.3 Å². The van der Waals surface area contributed by atoms with Gasteiger partial charge in [-0.3, -0.25) is 0 Å². The van der Waals surface area contributed by atoms with Crippen molar-refractivity contribution in [3.05, 3.63) is 50.9 Å². The number of methoxy groups -OCH3 is 1. The number of hydrogen-bond donors (Lipinski definition) is 1. The number of ether oxygens (including phenoxy) is 2. The van der Waals surface area contributed by atoms with E-state index >= 15 is 0 Å². The zero-order chi connectivity index (χ0) is 13.8. The molecular weight excluding hydrogens is 374 g/mol. The summed E-state index contributed by atoms with van der Waals surface area (Å²) in [5.41, 5.74) is 6.66. The number of benzene rings is 2. The molecule has 3 nitrogen and oxygen atoms in total. The highest BCUT2D eigenvalue weighted by molar-refractivity contribution is 9.10. The van der Waals surface area contributed by atoms with Crippen molar-refractivity contribution in [2.24, 2.45) is 5.73 Å². The largest absolute Gasteiger partial charge is 0.497 e. The fourth-order valence-corrected chi connectivity index (χ4v) is 2.38. The first-order chi connectivity index (χ1) is 9.13. The number of nitrogens with two attached hydrogens (primary N) is 1. The summed E-state index contributed by atoms with van der Waals surface area (Å²) in [5.74, 6) is 2.23. The molecule has 0 saturated carbocycles. The van der Waals surface area contributed by atoms with E-state index in [1.54, 1.807) is 7.11 Å². The van der Waals surface area contributed by atoms with Crippen LogP contribution in [-0.2, 0) is 6.54 Å². The zero-order valence-electron chi connectivity index (χ0n) is 10.3. The topological polar surface area (TPSA) is 44.5 Å². The van der Waals surface area contributed by atoms with Crippen LogP contribution in [0, 0.1) is 0 Å². The molecule has 2 N–H and O–H groups in total. The van der Waals surface area contributed by atoms with E-state index in [9.17, 15) is 0 Å². The molecule has 2 rings (SSSR count). The third kappa shape index (κ3) is 3.49. The normalized spacial score (nSPS) is 10.3. The molecule has 0 bridgehead atoms. The van der Waals surface area contributed by atoms with Crippen LogP contribution in [0.2, 0.25) is 0 Å². The number of hydrogen-bond acceptors (Lipinski definition) is 3. The maximum Gasteiger partial charge on any atom is 0.141 e. The lowest BCUT2D eigenvalue weighted by atomic mass is 10.2. The molecule has 2 aromatic carbocycles. The van der Waals surface area contributed by atoms with E-state index < -0.39 is 0 Å². The Balaban J connectivity index is 2.33. The molecule has 0 aliphatic heterocycles. The Labute approximate surface area is 129 Å². The highest BCUT2D eigenvalue weighted by atomic mass is 79.9. The summed E-state index contributed by atoms with van der Waals surface area (Å²) >= 11 is 6.89. The number of rotatable bonds is 4. The van der Waals surface area contributed by atoms with Gasteiger partial charge in [-0.15, -0.1) is 0 Å². The minimum Gasteiger partial charge on any atom is -0.497 e. The molecule has 0 aliphatic carbocycles. The predicted molar refractivity (Wildman–Crippen MR) is 82.8 cm³/mol. The fraction of sp³-hybridized carbons (Fsp3) is 0.143. The second-order valence-electron chi connectivity index (χ2n) is 3.85. The summed E-state index contributed by atoms with van der Waals surface area (Å²) in [7, 11) is 1.63.